The van der Waals surface area contributed by atoms with Crippen LogP contribution in [0.1, 0.15) is 45.6 Å². The highest BCUT2D eigenvalue weighted by molar-refractivity contribution is 5.62. The van der Waals surface area contributed by atoms with Crippen LogP contribution in [0.3, 0.4) is 0 Å². The van der Waals surface area contributed by atoms with Gasteiger partial charge in [-0.15, -0.1) is 0 Å². The van der Waals surface area contributed by atoms with Gasteiger partial charge in [0.1, 0.15) is 5.69 Å². The molecule has 1 rings (SSSR count). The number of nitrogens with one attached hydrogen (secondary N) is 1. The smallest absolute Gasteiger partial charge is 0.292 e. The highest BCUT2D eigenvalue weighted by Crippen LogP contribution is 2.26. The van der Waals surface area contributed by atoms with Crippen LogP contribution in [0.2, 0.25) is 0 Å². The van der Waals surface area contributed by atoms with Crippen LogP contribution in [0, 0.1) is 10.1 Å². The fraction of sp³-hybridized carbons (Fsp3) is 0.625. The monoisotopic (exact) mass is 293 g/mol. The van der Waals surface area contributed by atoms with Gasteiger partial charge in [0.15, 0.2) is 0 Å². The molecule has 1 N–H and O–H groups in total. The van der Waals surface area contributed by atoms with Crippen molar-refractivity contribution < 1.29 is 4.92 Å². The molecule has 0 spiro atoms. The standard InChI is InChI=1S/C16H27N3O2/c1-4-9-17-15-8-7-14(12-16(15)19(20)21)13-18(10-5-2)11-6-3/h7-8,12,17H,4-6,9-11,13H2,1-3H3. The SMILES string of the molecule is CCCNc1ccc(CN(CCC)CCC)cc1[N+](=O)[O-]. The second kappa shape index (κ2) is 9.34. The molecule has 0 saturated heterocycles. The van der Waals surface area contributed by atoms with E-state index in [1.54, 1.807) is 6.07 Å². The second-order valence-electron chi connectivity index (χ2n) is 5.31. The maximum atomic E-state index is 11.2. The Labute approximate surface area is 127 Å². The van der Waals surface area contributed by atoms with Gasteiger partial charge in [0.25, 0.3) is 5.69 Å². The molecule has 0 fully saturated rings. The van der Waals surface area contributed by atoms with Crippen molar-refractivity contribution in [3.05, 3.63) is 33.9 Å². The number of anilines is 1. The highest BCUT2D eigenvalue weighted by atomic mass is 16.6. The summed E-state index contributed by atoms with van der Waals surface area (Å²) in [6.45, 7) is 9.93. The van der Waals surface area contributed by atoms with Gasteiger partial charge in [-0.2, -0.15) is 0 Å². The molecule has 0 atom stereocenters. The van der Waals surface area contributed by atoms with Gasteiger partial charge in [0.2, 0.25) is 0 Å². The summed E-state index contributed by atoms with van der Waals surface area (Å²) in [5, 5.41) is 14.3. The van der Waals surface area contributed by atoms with Crippen molar-refractivity contribution in [3.63, 3.8) is 0 Å². The molecule has 0 aliphatic carbocycles. The Balaban J connectivity index is 2.88. The number of nitro benzene ring substituents is 1. The lowest BCUT2D eigenvalue weighted by molar-refractivity contribution is -0.384. The molecule has 0 heterocycles. The Morgan fingerprint density at radius 3 is 2.33 bits per heavy atom. The van der Waals surface area contributed by atoms with Crippen LogP contribution in [0.25, 0.3) is 0 Å². The molecule has 118 valence electrons. The summed E-state index contributed by atoms with van der Waals surface area (Å²) in [7, 11) is 0. The summed E-state index contributed by atoms with van der Waals surface area (Å²) in [5.74, 6) is 0. The third kappa shape index (κ3) is 5.71. The first-order valence-corrected chi connectivity index (χ1v) is 7.85. The Bertz CT molecular complexity index is 443. The molecule has 0 aromatic heterocycles. The molecule has 5 nitrogen and oxygen atoms in total. The number of benzene rings is 1. The average Bonchev–Trinajstić information content (AvgIpc) is 2.46. The van der Waals surface area contributed by atoms with Crippen molar-refractivity contribution in [2.75, 3.05) is 25.0 Å². The quantitative estimate of drug-likeness (QED) is 0.522. The van der Waals surface area contributed by atoms with Crippen LogP contribution in [-0.4, -0.2) is 29.5 Å². The summed E-state index contributed by atoms with van der Waals surface area (Å²) < 4.78 is 0. The van der Waals surface area contributed by atoms with Gasteiger partial charge in [-0.3, -0.25) is 15.0 Å². The van der Waals surface area contributed by atoms with Crippen LogP contribution in [-0.2, 0) is 6.54 Å². The third-order valence-electron chi connectivity index (χ3n) is 3.31. The van der Waals surface area contributed by atoms with E-state index >= 15 is 0 Å². The fourth-order valence-electron chi connectivity index (χ4n) is 2.40. The molecule has 0 aliphatic heterocycles. The van der Waals surface area contributed by atoms with E-state index in [0.717, 1.165) is 51.0 Å². The van der Waals surface area contributed by atoms with Gasteiger partial charge >= 0.3 is 0 Å². The molecular formula is C16H27N3O2. The number of hydrogen-bond acceptors (Lipinski definition) is 4. The molecule has 0 radical (unpaired) electrons. The Morgan fingerprint density at radius 1 is 1.14 bits per heavy atom. The van der Waals surface area contributed by atoms with Crippen molar-refractivity contribution in [1.29, 1.82) is 0 Å². The van der Waals surface area contributed by atoms with Crippen LogP contribution in [0.4, 0.5) is 11.4 Å². The summed E-state index contributed by atoms with van der Waals surface area (Å²) in [6, 6.07) is 5.53. The minimum Gasteiger partial charge on any atom is -0.380 e. The lowest BCUT2D eigenvalue weighted by Gasteiger charge is -2.21. The lowest BCUT2D eigenvalue weighted by atomic mass is 10.1. The predicted molar refractivity (Wildman–Crippen MR) is 87.7 cm³/mol. The van der Waals surface area contributed by atoms with Crippen LogP contribution in [0.5, 0.6) is 0 Å². The van der Waals surface area contributed by atoms with Gasteiger partial charge in [0, 0.05) is 19.2 Å². The largest absolute Gasteiger partial charge is 0.380 e. The van der Waals surface area contributed by atoms with E-state index in [4.69, 9.17) is 0 Å². The molecule has 5 heteroatoms. The zero-order chi connectivity index (χ0) is 15.7. The Kier molecular flexibility index (Phi) is 7.75. The van der Waals surface area contributed by atoms with Gasteiger partial charge in [0.05, 0.1) is 4.92 Å². The van der Waals surface area contributed by atoms with Crippen molar-refractivity contribution in [2.24, 2.45) is 0 Å². The van der Waals surface area contributed by atoms with Crippen LogP contribution in [0.15, 0.2) is 18.2 Å². The summed E-state index contributed by atoms with van der Waals surface area (Å²) in [4.78, 5) is 13.3. The number of hydrogen-bond donors (Lipinski definition) is 1. The van der Waals surface area contributed by atoms with Gasteiger partial charge in [-0.05, 0) is 44.0 Å². The van der Waals surface area contributed by atoms with E-state index in [-0.39, 0.29) is 10.6 Å². The van der Waals surface area contributed by atoms with Crippen molar-refractivity contribution in [2.45, 2.75) is 46.6 Å². The molecule has 1 aromatic carbocycles. The molecule has 21 heavy (non-hydrogen) atoms. The van der Waals surface area contributed by atoms with Crippen molar-refractivity contribution in [3.8, 4) is 0 Å². The van der Waals surface area contributed by atoms with Crippen LogP contribution < -0.4 is 5.32 Å². The zero-order valence-electron chi connectivity index (χ0n) is 13.4. The number of nitro groups is 1. The first-order chi connectivity index (χ1) is 10.1. The van der Waals surface area contributed by atoms with Gasteiger partial charge in [-0.25, -0.2) is 0 Å². The topological polar surface area (TPSA) is 58.4 Å². The van der Waals surface area contributed by atoms with E-state index in [2.05, 4.69) is 24.1 Å². The van der Waals surface area contributed by atoms with E-state index < -0.39 is 0 Å². The van der Waals surface area contributed by atoms with Gasteiger partial charge in [-0.1, -0.05) is 26.8 Å². The molecule has 0 aliphatic rings. The van der Waals surface area contributed by atoms with E-state index in [0.29, 0.717) is 5.69 Å². The van der Waals surface area contributed by atoms with Crippen molar-refractivity contribution in [1.82, 2.24) is 4.90 Å². The second-order valence-corrected chi connectivity index (χ2v) is 5.31. The predicted octanol–water partition coefficient (Wildman–Crippen LogP) is 4.04. The summed E-state index contributed by atoms with van der Waals surface area (Å²) >= 11 is 0. The third-order valence-corrected chi connectivity index (χ3v) is 3.31. The molecule has 0 bridgehead atoms. The Morgan fingerprint density at radius 2 is 1.81 bits per heavy atom. The van der Waals surface area contributed by atoms with E-state index in [1.807, 2.05) is 19.1 Å². The summed E-state index contributed by atoms with van der Waals surface area (Å²) in [6.07, 6.45) is 3.14. The van der Waals surface area contributed by atoms with E-state index in [9.17, 15) is 10.1 Å². The van der Waals surface area contributed by atoms with Crippen LogP contribution >= 0.6 is 0 Å². The normalized spacial score (nSPS) is 10.9. The number of nitrogens with zero attached hydrogens (tertiary/aromatic N) is 2. The average molecular weight is 293 g/mol. The minimum atomic E-state index is -0.300. The number of rotatable bonds is 10. The van der Waals surface area contributed by atoms with Crippen molar-refractivity contribution >= 4 is 11.4 Å². The maximum Gasteiger partial charge on any atom is 0.292 e. The highest BCUT2D eigenvalue weighted by Gasteiger charge is 2.15. The first kappa shape index (κ1) is 17.4. The van der Waals surface area contributed by atoms with Gasteiger partial charge < -0.3 is 5.32 Å². The fourth-order valence-corrected chi connectivity index (χ4v) is 2.40. The Hall–Kier alpha value is -1.62. The molecule has 0 amide bonds. The molecule has 0 unspecified atom stereocenters. The zero-order valence-corrected chi connectivity index (χ0v) is 13.4. The lowest BCUT2D eigenvalue weighted by Crippen LogP contribution is -2.24. The molecule has 0 saturated carbocycles. The van der Waals surface area contributed by atoms with E-state index in [1.165, 1.54) is 0 Å². The summed E-state index contributed by atoms with van der Waals surface area (Å²) in [5.41, 5.74) is 1.79. The minimum absolute atomic E-state index is 0.175. The molecular weight excluding hydrogens is 266 g/mol. The first-order valence-electron chi connectivity index (χ1n) is 7.85. The molecule has 1 aromatic rings. The maximum absolute atomic E-state index is 11.2.